The minimum absolute atomic E-state index is 0.0163. The predicted molar refractivity (Wildman–Crippen MR) is 95.3 cm³/mol. The van der Waals surface area contributed by atoms with Crippen LogP contribution in [0.2, 0.25) is 0 Å². The molecular weight excluding hydrogens is 374 g/mol. The van der Waals surface area contributed by atoms with Gasteiger partial charge in [0.25, 0.3) is 23.3 Å². The summed E-state index contributed by atoms with van der Waals surface area (Å²) in [6, 6.07) is 4.01. The van der Waals surface area contributed by atoms with Crippen molar-refractivity contribution in [2.75, 3.05) is 10.2 Å². The molecule has 3 amide bonds. The Kier molecular flexibility index (Phi) is 3.78. The Hall–Kier alpha value is -3.86. The van der Waals surface area contributed by atoms with E-state index in [-0.39, 0.29) is 22.4 Å². The predicted octanol–water partition coefficient (Wildman–Crippen LogP) is 0.573. The molecule has 0 aliphatic carbocycles. The molecule has 0 fully saturated rings. The van der Waals surface area contributed by atoms with Crippen LogP contribution in [0.3, 0.4) is 0 Å². The van der Waals surface area contributed by atoms with Crippen LogP contribution in [-0.2, 0) is 0 Å². The van der Waals surface area contributed by atoms with Crippen LogP contribution >= 0.6 is 11.3 Å². The van der Waals surface area contributed by atoms with E-state index in [0.29, 0.717) is 10.0 Å². The first-order chi connectivity index (χ1) is 13.0. The first-order valence-electron chi connectivity index (χ1n) is 7.51. The van der Waals surface area contributed by atoms with Gasteiger partial charge in [0, 0.05) is 23.3 Å². The molecule has 0 atom stereocenters. The lowest BCUT2D eigenvalue weighted by molar-refractivity contribution is 0.0924. The van der Waals surface area contributed by atoms with Crippen LogP contribution in [0.5, 0.6) is 0 Å². The Morgan fingerprint density at radius 1 is 1.11 bits per heavy atom. The molecule has 0 radical (unpaired) electrons. The van der Waals surface area contributed by atoms with Crippen LogP contribution in [0.4, 0.5) is 10.8 Å². The molecular formula is C16H9N5O5S. The topological polar surface area (TPSA) is 145 Å². The largest absolute Gasteiger partial charge is 0.325 e. The molecule has 1 aliphatic rings. The molecule has 3 aromatic rings. The minimum Gasteiger partial charge on any atom is -0.312 e. The van der Waals surface area contributed by atoms with Crippen LogP contribution in [0.15, 0.2) is 45.6 Å². The summed E-state index contributed by atoms with van der Waals surface area (Å²) in [5, 5.41) is 4.67. The number of nitrogens with zero attached hydrogens (tertiary/aromatic N) is 2. The van der Waals surface area contributed by atoms with Gasteiger partial charge in [-0.15, -0.1) is 11.3 Å². The van der Waals surface area contributed by atoms with Gasteiger partial charge in [0.05, 0.1) is 11.1 Å². The van der Waals surface area contributed by atoms with Gasteiger partial charge >= 0.3 is 5.69 Å². The van der Waals surface area contributed by atoms with Gasteiger partial charge in [0.1, 0.15) is 5.69 Å². The third kappa shape index (κ3) is 2.75. The summed E-state index contributed by atoms with van der Waals surface area (Å²) in [6.07, 6.45) is 2.52. The fraction of sp³-hybridized carbons (Fsp3) is 0. The number of anilines is 2. The molecule has 1 aliphatic heterocycles. The highest BCUT2D eigenvalue weighted by Crippen LogP contribution is 2.27. The summed E-state index contributed by atoms with van der Waals surface area (Å²) in [6.45, 7) is 0. The van der Waals surface area contributed by atoms with Crippen LogP contribution < -0.4 is 21.5 Å². The maximum Gasteiger partial charge on any atom is 0.325 e. The molecule has 2 aromatic heterocycles. The Morgan fingerprint density at radius 3 is 2.59 bits per heavy atom. The highest BCUT2D eigenvalue weighted by Gasteiger charge is 2.38. The van der Waals surface area contributed by atoms with Gasteiger partial charge < -0.3 is 4.98 Å². The second kappa shape index (κ2) is 6.14. The quantitative estimate of drug-likeness (QED) is 0.564. The highest BCUT2D eigenvalue weighted by molar-refractivity contribution is 7.13. The summed E-state index contributed by atoms with van der Waals surface area (Å²) in [5.41, 5.74) is -1.76. The lowest BCUT2D eigenvalue weighted by Crippen LogP contribution is -2.36. The van der Waals surface area contributed by atoms with Gasteiger partial charge in [0.2, 0.25) is 0 Å². The Morgan fingerprint density at radius 2 is 1.89 bits per heavy atom. The highest BCUT2D eigenvalue weighted by atomic mass is 32.1. The van der Waals surface area contributed by atoms with E-state index in [1.54, 1.807) is 5.38 Å². The second-order valence-electron chi connectivity index (χ2n) is 5.45. The van der Waals surface area contributed by atoms with E-state index in [0.717, 1.165) is 6.20 Å². The average molecular weight is 383 g/mol. The van der Waals surface area contributed by atoms with Crippen LogP contribution in [0.25, 0.3) is 0 Å². The zero-order chi connectivity index (χ0) is 19.1. The van der Waals surface area contributed by atoms with Crippen LogP contribution in [0, 0.1) is 0 Å². The normalized spacial score (nSPS) is 13.0. The molecule has 0 bridgehead atoms. The number of aromatic amines is 2. The molecule has 10 nitrogen and oxygen atoms in total. The van der Waals surface area contributed by atoms with Crippen molar-refractivity contribution >= 4 is 39.9 Å². The van der Waals surface area contributed by atoms with Crippen LogP contribution in [-0.4, -0.2) is 32.7 Å². The summed E-state index contributed by atoms with van der Waals surface area (Å²) in [4.78, 5) is 69.3. The standard InChI is InChI=1S/C16H9N5O5S/c22-11(20-16-17-3-4-27-16)7-1-2-8-9(5-7)14(25)21(13(8)24)10-6-18-15(26)19-12(10)23/h1-6H,(H,17,20,22)(H2,18,19,23,26). The Balaban J connectivity index is 1.70. The Labute approximate surface area is 153 Å². The number of amides is 3. The molecule has 1 aromatic carbocycles. The van der Waals surface area contributed by atoms with E-state index in [4.69, 9.17) is 0 Å². The number of hydrogen-bond donors (Lipinski definition) is 3. The van der Waals surface area contributed by atoms with E-state index >= 15 is 0 Å². The second-order valence-corrected chi connectivity index (χ2v) is 6.35. The summed E-state index contributed by atoms with van der Waals surface area (Å²) in [5.74, 6) is -1.98. The monoisotopic (exact) mass is 383 g/mol. The van der Waals surface area contributed by atoms with Crippen molar-refractivity contribution in [1.82, 2.24) is 15.0 Å². The average Bonchev–Trinajstić information content (AvgIpc) is 3.23. The fourth-order valence-corrected chi connectivity index (χ4v) is 3.15. The van der Waals surface area contributed by atoms with Crippen molar-refractivity contribution in [1.29, 1.82) is 0 Å². The molecule has 11 heteroatoms. The SMILES string of the molecule is O=C(Nc1nccs1)c1ccc2c(c1)C(=O)N(c1c[nH]c(=O)[nH]c1=O)C2=O. The Bertz CT molecular complexity index is 1210. The number of fused-ring (bicyclic) bond motifs is 1. The molecule has 0 saturated carbocycles. The van der Waals surface area contributed by atoms with Crippen LogP contribution in [0.1, 0.15) is 31.1 Å². The van der Waals surface area contributed by atoms with Crippen molar-refractivity contribution in [2.45, 2.75) is 0 Å². The zero-order valence-electron chi connectivity index (χ0n) is 13.3. The van der Waals surface area contributed by atoms with Crippen molar-refractivity contribution in [3.8, 4) is 0 Å². The van der Waals surface area contributed by atoms with E-state index in [2.05, 4.69) is 15.3 Å². The molecule has 0 unspecified atom stereocenters. The smallest absolute Gasteiger partial charge is 0.312 e. The van der Waals surface area contributed by atoms with Gasteiger partial charge in [-0.25, -0.2) is 14.7 Å². The number of H-pyrrole nitrogens is 2. The maximum atomic E-state index is 12.7. The van der Waals surface area contributed by atoms with Gasteiger partial charge in [-0.1, -0.05) is 0 Å². The van der Waals surface area contributed by atoms with Gasteiger partial charge in [-0.3, -0.25) is 29.5 Å². The van der Waals surface area contributed by atoms with Gasteiger partial charge in [0.15, 0.2) is 5.13 Å². The lowest BCUT2D eigenvalue weighted by atomic mass is 10.1. The van der Waals surface area contributed by atoms with Crippen molar-refractivity contribution in [3.63, 3.8) is 0 Å². The first-order valence-corrected chi connectivity index (χ1v) is 8.39. The number of thiazole rings is 1. The first kappa shape index (κ1) is 16.6. The molecule has 0 spiro atoms. The van der Waals surface area contributed by atoms with Crippen molar-refractivity contribution in [2.24, 2.45) is 0 Å². The maximum absolute atomic E-state index is 12.7. The molecule has 27 heavy (non-hydrogen) atoms. The van der Waals surface area contributed by atoms with Gasteiger partial charge in [-0.2, -0.15) is 0 Å². The van der Waals surface area contributed by atoms with E-state index in [1.165, 1.54) is 35.7 Å². The summed E-state index contributed by atoms with van der Waals surface area (Å²) < 4.78 is 0. The third-order valence-electron chi connectivity index (χ3n) is 3.84. The number of benzene rings is 1. The summed E-state index contributed by atoms with van der Waals surface area (Å²) in [7, 11) is 0. The fourth-order valence-electron chi connectivity index (χ4n) is 2.62. The number of aromatic nitrogens is 3. The van der Waals surface area contributed by atoms with E-state index in [9.17, 15) is 24.0 Å². The van der Waals surface area contributed by atoms with E-state index < -0.39 is 29.0 Å². The zero-order valence-corrected chi connectivity index (χ0v) is 14.1. The molecule has 134 valence electrons. The molecule has 3 heterocycles. The molecule has 4 rings (SSSR count). The number of imide groups is 1. The minimum atomic E-state index is -0.880. The van der Waals surface area contributed by atoms with Crippen molar-refractivity contribution < 1.29 is 14.4 Å². The number of nitrogens with one attached hydrogen (secondary N) is 3. The number of carbonyl (C=O) groups excluding carboxylic acids is 3. The van der Waals surface area contributed by atoms with E-state index in [1.807, 2.05) is 4.98 Å². The number of rotatable bonds is 3. The molecule has 3 N–H and O–H groups in total. The third-order valence-corrected chi connectivity index (χ3v) is 4.53. The number of carbonyl (C=O) groups is 3. The lowest BCUT2D eigenvalue weighted by Gasteiger charge is -2.11. The van der Waals surface area contributed by atoms with Gasteiger partial charge in [-0.05, 0) is 18.2 Å². The summed E-state index contributed by atoms with van der Waals surface area (Å²) >= 11 is 1.23. The van der Waals surface area contributed by atoms with Crippen molar-refractivity contribution in [3.05, 3.63) is 73.5 Å². The molecule has 0 saturated heterocycles. The number of hydrogen-bond acceptors (Lipinski definition) is 7.